The smallest absolute Gasteiger partial charge is 0.0431 e. The molecule has 1 rings (SSSR count). The molecule has 1 atom stereocenters. The molecular weight excluding hydrogens is 186 g/mol. The number of aliphatic hydroxyl groups excluding tert-OH is 1. The standard InChI is InChI=1S/C13H27NO/c1-11-5-7-13(8-6-11)10-14-12(2)4-3-9-15/h11-15H,3-10H2,1-2H3. The van der Waals surface area contributed by atoms with Crippen molar-refractivity contribution >= 4 is 0 Å². The summed E-state index contributed by atoms with van der Waals surface area (Å²) in [5.41, 5.74) is 0. The van der Waals surface area contributed by atoms with Crippen molar-refractivity contribution in [1.29, 1.82) is 0 Å². The third-order valence-corrected chi connectivity index (χ3v) is 3.69. The summed E-state index contributed by atoms with van der Waals surface area (Å²) in [6.45, 7) is 6.10. The number of hydrogen-bond donors (Lipinski definition) is 2. The maximum absolute atomic E-state index is 8.73. The summed E-state index contributed by atoms with van der Waals surface area (Å²) in [7, 11) is 0. The highest BCUT2D eigenvalue weighted by molar-refractivity contribution is 4.73. The van der Waals surface area contributed by atoms with E-state index < -0.39 is 0 Å². The Morgan fingerprint density at radius 2 is 1.93 bits per heavy atom. The minimum Gasteiger partial charge on any atom is -0.396 e. The zero-order chi connectivity index (χ0) is 11.1. The molecule has 1 aliphatic carbocycles. The number of hydrogen-bond acceptors (Lipinski definition) is 2. The highest BCUT2D eigenvalue weighted by Crippen LogP contribution is 2.27. The Morgan fingerprint density at radius 1 is 1.27 bits per heavy atom. The Bertz CT molecular complexity index is 153. The minimum absolute atomic E-state index is 0.326. The van der Waals surface area contributed by atoms with Crippen LogP contribution in [0.15, 0.2) is 0 Å². The lowest BCUT2D eigenvalue weighted by Crippen LogP contribution is -2.32. The molecular formula is C13H27NO. The summed E-state index contributed by atoms with van der Waals surface area (Å²) in [6.07, 6.45) is 7.66. The van der Waals surface area contributed by atoms with Crippen LogP contribution in [0.4, 0.5) is 0 Å². The average molecular weight is 213 g/mol. The molecule has 0 aromatic carbocycles. The third kappa shape index (κ3) is 5.53. The fourth-order valence-corrected chi connectivity index (χ4v) is 2.40. The van der Waals surface area contributed by atoms with Crippen molar-refractivity contribution in [3.05, 3.63) is 0 Å². The molecule has 0 aromatic rings. The van der Waals surface area contributed by atoms with E-state index in [1.807, 2.05) is 0 Å². The first-order valence-electron chi connectivity index (χ1n) is 6.56. The van der Waals surface area contributed by atoms with Gasteiger partial charge in [-0.25, -0.2) is 0 Å². The van der Waals surface area contributed by atoms with E-state index in [-0.39, 0.29) is 0 Å². The normalized spacial score (nSPS) is 29.0. The molecule has 1 saturated carbocycles. The van der Waals surface area contributed by atoms with Gasteiger partial charge in [0.2, 0.25) is 0 Å². The van der Waals surface area contributed by atoms with Gasteiger partial charge < -0.3 is 10.4 Å². The molecule has 0 aromatic heterocycles. The molecule has 0 amide bonds. The van der Waals surface area contributed by atoms with Gasteiger partial charge in [-0.15, -0.1) is 0 Å². The number of nitrogens with one attached hydrogen (secondary N) is 1. The Hall–Kier alpha value is -0.0800. The van der Waals surface area contributed by atoms with Crippen LogP contribution in [0.1, 0.15) is 52.4 Å². The van der Waals surface area contributed by atoms with Crippen molar-refractivity contribution < 1.29 is 5.11 Å². The first-order valence-corrected chi connectivity index (χ1v) is 6.56. The van der Waals surface area contributed by atoms with E-state index in [0.29, 0.717) is 12.6 Å². The largest absolute Gasteiger partial charge is 0.396 e. The van der Waals surface area contributed by atoms with Gasteiger partial charge in [-0.1, -0.05) is 19.8 Å². The molecule has 0 aliphatic heterocycles. The molecule has 2 N–H and O–H groups in total. The highest BCUT2D eigenvalue weighted by Gasteiger charge is 2.18. The van der Waals surface area contributed by atoms with Gasteiger partial charge in [0.05, 0.1) is 0 Å². The molecule has 0 radical (unpaired) electrons. The van der Waals surface area contributed by atoms with Crippen molar-refractivity contribution in [3.8, 4) is 0 Å². The Kier molecular flexibility index (Phi) is 6.26. The van der Waals surface area contributed by atoms with Crippen LogP contribution in [0.25, 0.3) is 0 Å². The summed E-state index contributed by atoms with van der Waals surface area (Å²) in [6, 6.07) is 0.566. The summed E-state index contributed by atoms with van der Waals surface area (Å²) in [4.78, 5) is 0. The third-order valence-electron chi connectivity index (χ3n) is 3.69. The van der Waals surface area contributed by atoms with Gasteiger partial charge in [0.15, 0.2) is 0 Å². The summed E-state index contributed by atoms with van der Waals surface area (Å²) < 4.78 is 0. The minimum atomic E-state index is 0.326. The van der Waals surface area contributed by atoms with Crippen LogP contribution in [0.2, 0.25) is 0 Å². The zero-order valence-electron chi connectivity index (χ0n) is 10.3. The van der Waals surface area contributed by atoms with Crippen molar-refractivity contribution in [2.45, 2.75) is 58.4 Å². The number of rotatable bonds is 6. The van der Waals surface area contributed by atoms with Crippen molar-refractivity contribution in [3.63, 3.8) is 0 Å². The van der Waals surface area contributed by atoms with Gasteiger partial charge in [0.25, 0.3) is 0 Å². The lowest BCUT2D eigenvalue weighted by atomic mass is 9.83. The topological polar surface area (TPSA) is 32.3 Å². The van der Waals surface area contributed by atoms with Crippen LogP contribution in [-0.4, -0.2) is 24.3 Å². The first kappa shape index (κ1) is 13.0. The lowest BCUT2D eigenvalue weighted by molar-refractivity contribution is 0.260. The van der Waals surface area contributed by atoms with Crippen molar-refractivity contribution in [2.75, 3.05) is 13.2 Å². The van der Waals surface area contributed by atoms with Gasteiger partial charge in [0.1, 0.15) is 0 Å². The molecule has 15 heavy (non-hydrogen) atoms. The molecule has 0 heterocycles. The lowest BCUT2D eigenvalue weighted by Gasteiger charge is -2.27. The van der Waals surface area contributed by atoms with Crippen LogP contribution in [0.3, 0.4) is 0 Å². The zero-order valence-corrected chi connectivity index (χ0v) is 10.3. The molecule has 90 valence electrons. The highest BCUT2D eigenvalue weighted by atomic mass is 16.2. The maximum atomic E-state index is 8.73. The van der Waals surface area contributed by atoms with Crippen LogP contribution in [-0.2, 0) is 0 Å². The van der Waals surface area contributed by atoms with Gasteiger partial charge in [-0.3, -0.25) is 0 Å². The van der Waals surface area contributed by atoms with E-state index in [1.165, 1.54) is 32.2 Å². The predicted molar refractivity (Wildman–Crippen MR) is 64.9 cm³/mol. The van der Waals surface area contributed by atoms with Gasteiger partial charge in [-0.2, -0.15) is 0 Å². The SMILES string of the molecule is CC1CCC(CNC(C)CCCO)CC1. The van der Waals surface area contributed by atoms with E-state index in [0.717, 1.165) is 24.7 Å². The Morgan fingerprint density at radius 3 is 2.53 bits per heavy atom. The molecule has 0 spiro atoms. The van der Waals surface area contributed by atoms with Gasteiger partial charge in [0, 0.05) is 12.6 Å². The van der Waals surface area contributed by atoms with E-state index in [1.54, 1.807) is 0 Å². The van der Waals surface area contributed by atoms with E-state index in [9.17, 15) is 0 Å². The van der Waals surface area contributed by atoms with Gasteiger partial charge in [-0.05, 0) is 51.0 Å². The molecule has 0 saturated heterocycles. The second-order valence-corrected chi connectivity index (χ2v) is 5.30. The molecule has 1 fully saturated rings. The molecule has 1 aliphatic rings. The fourth-order valence-electron chi connectivity index (χ4n) is 2.40. The summed E-state index contributed by atoms with van der Waals surface area (Å²) >= 11 is 0. The molecule has 2 nitrogen and oxygen atoms in total. The van der Waals surface area contributed by atoms with Crippen LogP contribution >= 0.6 is 0 Å². The number of aliphatic hydroxyl groups is 1. The van der Waals surface area contributed by atoms with Crippen LogP contribution in [0, 0.1) is 11.8 Å². The maximum Gasteiger partial charge on any atom is 0.0431 e. The second-order valence-electron chi connectivity index (χ2n) is 5.30. The Labute approximate surface area is 94.5 Å². The van der Waals surface area contributed by atoms with E-state index >= 15 is 0 Å². The predicted octanol–water partition coefficient (Wildman–Crippen LogP) is 2.56. The van der Waals surface area contributed by atoms with Crippen molar-refractivity contribution in [2.24, 2.45) is 11.8 Å². The average Bonchev–Trinajstić information content (AvgIpc) is 2.25. The van der Waals surface area contributed by atoms with Crippen molar-refractivity contribution in [1.82, 2.24) is 5.32 Å². The van der Waals surface area contributed by atoms with Crippen LogP contribution in [0.5, 0.6) is 0 Å². The van der Waals surface area contributed by atoms with Gasteiger partial charge >= 0.3 is 0 Å². The summed E-state index contributed by atoms with van der Waals surface area (Å²) in [5.74, 6) is 1.85. The molecule has 0 bridgehead atoms. The monoisotopic (exact) mass is 213 g/mol. The molecule has 1 unspecified atom stereocenters. The Balaban J connectivity index is 2.04. The van der Waals surface area contributed by atoms with E-state index in [2.05, 4.69) is 19.2 Å². The van der Waals surface area contributed by atoms with E-state index in [4.69, 9.17) is 5.11 Å². The first-order chi connectivity index (χ1) is 7.22. The fraction of sp³-hybridized carbons (Fsp3) is 1.00. The quantitative estimate of drug-likeness (QED) is 0.711. The molecule has 2 heteroatoms. The van der Waals surface area contributed by atoms with Crippen LogP contribution < -0.4 is 5.32 Å². The summed E-state index contributed by atoms with van der Waals surface area (Å²) in [5, 5.41) is 12.3. The second kappa shape index (κ2) is 7.24.